The fourth-order valence-corrected chi connectivity index (χ4v) is 3.75. The highest BCUT2D eigenvalue weighted by Crippen LogP contribution is 2.41. The van der Waals surface area contributed by atoms with Gasteiger partial charge in [0.25, 0.3) is 0 Å². The lowest BCUT2D eigenvalue weighted by atomic mass is 9.90. The first-order valence-corrected chi connectivity index (χ1v) is 7.51. The van der Waals surface area contributed by atoms with Crippen molar-refractivity contribution in [3.05, 3.63) is 65.2 Å². The topological polar surface area (TPSA) is 29.3 Å². The van der Waals surface area contributed by atoms with Crippen molar-refractivity contribution in [1.82, 2.24) is 0 Å². The standard InChI is InChI=1S/C18H20N2/c19-15-9-10-18-16-7-3-1-5-13(16)11-14-6-2-4-8-17(14)20(18)12-15/h1-8,15,18H,9-12,19H2. The van der Waals surface area contributed by atoms with Crippen LogP contribution in [0, 0.1) is 0 Å². The quantitative estimate of drug-likeness (QED) is 0.791. The van der Waals surface area contributed by atoms with Gasteiger partial charge in [-0.05, 0) is 42.0 Å². The van der Waals surface area contributed by atoms with Gasteiger partial charge in [-0.3, -0.25) is 0 Å². The molecule has 0 aliphatic carbocycles. The van der Waals surface area contributed by atoms with Gasteiger partial charge in [0.1, 0.15) is 0 Å². The number of piperidine rings is 1. The van der Waals surface area contributed by atoms with Crippen molar-refractivity contribution in [3.8, 4) is 0 Å². The SMILES string of the molecule is NC1CCC2c3ccccc3Cc3ccccc3N2C1. The molecule has 0 spiro atoms. The van der Waals surface area contributed by atoms with Crippen molar-refractivity contribution in [3.63, 3.8) is 0 Å². The molecular formula is C18H20N2. The highest BCUT2D eigenvalue weighted by molar-refractivity contribution is 5.60. The molecule has 2 aromatic rings. The molecule has 0 bridgehead atoms. The van der Waals surface area contributed by atoms with Crippen LogP contribution in [0.15, 0.2) is 48.5 Å². The Morgan fingerprint density at radius 1 is 0.900 bits per heavy atom. The molecule has 1 fully saturated rings. The average Bonchev–Trinajstić information content (AvgIpc) is 2.61. The molecule has 0 saturated carbocycles. The number of nitrogens with two attached hydrogens (primary N) is 1. The lowest BCUT2D eigenvalue weighted by molar-refractivity contribution is 0.427. The largest absolute Gasteiger partial charge is 0.363 e. The number of para-hydroxylation sites is 1. The van der Waals surface area contributed by atoms with Crippen molar-refractivity contribution in [2.45, 2.75) is 31.3 Å². The first kappa shape index (κ1) is 12.0. The predicted molar refractivity (Wildman–Crippen MR) is 83.0 cm³/mol. The molecular weight excluding hydrogens is 244 g/mol. The maximum absolute atomic E-state index is 6.23. The zero-order valence-corrected chi connectivity index (χ0v) is 11.6. The molecule has 20 heavy (non-hydrogen) atoms. The number of nitrogens with zero attached hydrogens (tertiary/aromatic N) is 1. The Hall–Kier alpha value is -1.80. The molecule has 2 heterocycles. The minimum atomic E-state index is 0.296. The van der Waals surface area contributed by atoms with Gasteiger partial charge in [-0.2, -0.15) is 0 Å². The summed E-state index contributed by atoms with van der Waals surface area (Å²) >= 11 is 0. The Kier molecular flexibility index (Phi) is 2.78. The van der Waals surface area contributed by atoms with Crippen LogP contribution >= 0.6 is 0 Å². The molecule has 2 N–H and O–H groups in total. The molecule has 2 aromatic carbocycles. The van der Waals surface area contributed by atoms with E-state index in [1.165, 1.54) is 22.4 Å². The molecule has 1 saturated heterocycles. The van der Waals surface area contributed by atoms with E-state index in [4.69, 9.17) is 5.73 Å². The smallest absolute Gasteiger partial charge is 0.0546 e. The fraction of sp³-hybridized carbons (Fsp3) is 0.333. The number of hydrogen-bond acceptors (Lipinski definition) is 2. The van der Waals surface area contributed by atoms with E-state index in [1.54, 1.807) is 0 Å². The third-order valence-electron chi connectivity index (χ3n) is 4.71. The summed E-state index contributed by atoms with van der Waals surface area (Å²) < 4.78 is 0. The lowest BCUT2D eigenvalue weighted by Gasteiger charge is -2.40. The highest BCUT2D eigenvalue weighted by atomic mass is 15.2. The summed E-state index contributed by atoms with van der Waals surface area (Å²) in [5, 5.41) is 0. The third kappa shape index (κ3) is 1.83. The van der Waals surface area contributed by atoms with Crippen molar-refractivity contribution in [2.24, 2.45) is 5.73 Å². The van der Waals surface area contributed by atoms with Gasteiger partial charge in [-0.15, -0.1) is 0 Å². The molecule has 0 aromatic heterocycles. The molecule has 4 rings (SSSR count). The number of rotatable bonds is 0. The minimum absolute atomic E-state index is 0.296. The predicted octanol–water partition coefficient (Wildman–Crippen LogP) is 3.26. The van der Waals surface area contributed by atoms with Gasteiger partial charge in [-0.25, -0.2) is 0 Å². The van der Waals surface area contributed by atoms with Crippen LogP contribution in [-0.4, -0.2) is 12.6 Å². The molecule has 2 aliphatic heterocycles. The van der Waals surface area contributed by atoms with E-state index in [2.05, 4.69) is 53.4 Å². The minimum Gasteiger partial charge on any atom is -0.363 e. The van der Waals surface area contributed by atoms with Crippen LogP contribution < -0.4 is 10.6 Å². The van der Waals surface area contributed by atoms with E-state index >= 15 is 0 Å². The summed E-state index contributed by atoms with van der Waals surface area (Å²) in [7, 11) is 0. The Morgan fingerprint density at radius 3 is 2.55 bits per heavy atom. The normalized spacial score (nSPS) is 24.4. The van der Waals surface area contributed by atoms with Crippen LogP contribution in [0.1, 0.15) is 35.6 Å². The van der Waals surface area contributed by atoms with E-state index in [9.17, 15) is 0 Å². The van der Waals surface area contributed by atoms with E-state index in [-0.39, 0.29) is 0 Å². The van der Waals surface area contributed by atoms with Gasteiger partial charge >= 0.3 is 0 Å². The third-order valence-corrected chi connectivity index (χ3v) is 4.71. The second kappa shape index (κ2) is 4.64. The molecule has 2 nitrogen and oxygen atoms in total. The van der Waals surface area contributed by atoms with Crippen LogP contribution in [0.4, 0.5) is 5.69 Å². The molecule has 2 heteroatoms. The summed E-state index contributed by atoms with van der Waals surface area (Å²) in [6.45, 7) is 0.968. The molecule has 102 valence electrons. The maximum atomic E-state index is 6.23. The Bertz CT molecular complexity index is 635. The van der Waals surface area contributed by atoms with Gasteiger partial charge in [0.2, 0.25) is 0 Å². The lowest BCUT2D eigenvalue weighted by Crippen LogP contribution is -2.44. The number of benzene rings is 2. The van der Waals surface area contributed by atoms with Crippen LogP contribution in [0.3, 0.4) is 0 Å². The zero-order valence-electron chi connectivity index (χ0n) is 11.6. The van der Waals surface area contributed by atoms with Gasteiger partial charge in [0, 0.05) is 18.3 Å². The van der Waals surface area contributed by atoms with Crippen LogP contribution in [0.25, 0.3) is 0 Å². The summed E-state index contributed by atoms with van der Waals surface area (Å²) in [6, 6.07) is 18.5. The number of anilines is 1. The second-order valence-electron chi connectivity index (χ2n) is 6.01. The second-order valence-corrected chi connectivity index (χ2v) is 6.01. The number of hydrogen-bond donors (Lipinski definition) is 1. The van der Waals surface area contributed by atoms with Crippen molar-refractivity contribution in [2.75, 3.05) is 11.4 Å². The fourth-order valence-electron chi connectivity index (χ4n) is 3.75. The van der Waals surface area contributed by atoms with E-state index < -0.39 is 0 Å². The molecule has 2 aliphatic rings. The maximum Gasteiger partial charge on any atom is 0.0546 e. The summed E-state index contributed by atoms with van der Waals surface area (Å²) in [6.07, 6.45) is 3.32. The summed E-state index contributed by atoms with van der Waals surface area (Å²) in [5.74, 6) is 0. The Morgan fingerprint density at radius 2 is 1.65 bits per heavy atom. The van der Waals surface area contributed by atoms with Gasteiger partial charge in [0.05, 0.1) is 6.04 Å². The first-order valence-electron chi connectivity index (χ1n) is 7.51. The zero-order chi connectivity index (χ0) is 13.5. The van der Waals surface area contributed by atoms with Gasteiger partial charge < -0.3 is 10.6 Å². The van der Waals surface area contributed by atoms with Crippen LogP contribution in [0.2, 0.25) is 0 Å². The van der Waals surface area contributed by atoms with E-state index in [0.717, 1.165) is 25.8 Å². The molecule has 2 atom stereocenters. The van der Waals surface area contributed by atoms with Crippen molar-refractivity contribution < 1.29 is 0 Å². The molecule has 2 unspecified atom stereocenters. The summed E-state index contributed by atoms with van der Waals surface area (Å²) in [5.41, 5.74) is 12.0. The number of fused-ring (bicyclic) bond motifs is 5. The monoisotopic (exact) mass is 264 g/mol. The summed E-state index contributed by atoms with van der Waals surface area (Å²) in [4.78, 5) is 2.54. The highest BCUT2D eigenvalue weighted by Gasteiger charge is 2.32. The first-order chi connectivity index (χ1) is 9.83. The van der Waals surface area contributed by atoms with E-state index in [1.807, 2.05) is 0 Å². The molecule has 0 amide bonds. The van der Waals surface area contributed by atoms with Gasteiger partial charge in [-0.1, -0.05) is 42.5 Å². The molecule has 0 radical (unpaired) electrons. The van der Waals surface area contributed by atoms with Crippen molar-refractivity contribution >= 4 is 5.69 Å². The Labute approximate surface area is 120 Å². The van der Waals surface area contributed by atoms with Crippen LogP contribution in [-0.2, 0) is 6.42 Å². The van der Waals surface area contributed by atoms with Gasteiger partial charge in [0.15, 0.2) is 0 Å². The van der Waals surface area contributed by atoms with Crippen LogP contribution in [0.5, 0.6) is 0 Å². The Balaban J connectivity index is 1.90. The van der Waals surface area contributed by atoms with Crippen molar-refractivity contribution in [1.29, 1.82) is 0 Å². The van der Waals surface area contributed by atoms with E-state index in [0.29, 0.717) is 12.1 Å². The average molecular weight is 264 g/mol.